The zero-order chi connectivity index (χ0) is 22.1. The Hall–Kier alpha value is -2.88. The van der Waals surface area contributed by atoms with Gasteiger partial charge in [0, 0.05) is 9.92 Å². The van der Waals surface area contributed by atoms with Gasteiger partial charge < -0.3 is 4.42 Å². The summed E-state index contributed by atoms with van der Waals surface area (Å²) in [5.41, 5.74) is -0.629. The summed E-state index contributed by atoms with van der Waals surface area (Å²) in [5, 5.41) is 3.13. The summed E-state index contributed by atoms with van der Waals surface area (Å²) >= 11 is 10.6. The largest absolute Gasteiger partial charge is 0.449 e. The number of hydrogen-bond donors (Lipinski definition) is 1. The number of nitrogens with zero attached hydrogens (tertiary/aromatic N) is 1. The van der Waals surface area contributed by atoms with E-state index in [-0.39, 0.29) is 17.0 Å². The lowest BCUT2D eigenvalue weighted by Gasteiger charge is -2.26. The van der Waals surface area contributed by atoms with Crippen LogP contribution in [0.3, 0.4) is 0 Å². The Morgan fingerprint density at radius 2 is 1.81 bits per heavy atom. The van der Waals surface area contributed by atoms with Crippen LogP contribution in [0.1, 0.15) is 5.76 Å². The maximum Gasteiger partial charge on any atom is 0.336 e. The number of nitrogens with one attached hydrogen (secondary N) is 1. The summed E-state index contributed by atoms with van der Waals surface area (Å²) < 4.78 is 20.5. The van der Waals surface area contributed by atoms with E-state index >= 15 is 0 Å². The Morgan fingerprint density at radius 1 is 1.10 bits per heavy atom. The number of para-hydroxylation sites is 1. The lowest BCUT2D eigenvalue weighted by molar-refractivity contribution is -0.122. The van der Waals surface area contributed by atoms with E-state index in [2.05, 4.69) is 15.9 Å². The molecule has 2 aromatic carbocycles. The van der Waals surface area contributed by atoms with E-state index in [0.717, 1.165) is 11.0 Å². The SMILES string of the molecule is O=C1NC(=O)N(c2ccccc2F)C(=O)/C1=C/c1cc(Br)c(Sc2ccc(Cl)cc2)o1. The minimum absolute atomic E-state index is 0.199. The smallest absolute Gasteiger partial charge is 0.336 e. The molecule has 3 aromatic rings. The van der Waals surface area contributed by atoms with Crippen LogP contribution in [0.15, 0.2) is 79.0 Å². The van der Waals surface area contributed by atoms with Crippen molar-refractivity contribution in [1.29, 1.82) is 0 Å². The summed E-state index contributed by atoms with van der Waals surface area (Å²) in [5.74, 6) is -2.44. The first kappa shape index (κ1) is 21.4. The number of imide groups is 2. The van der Waals surface area contributed by atoms with Crippen molar-refractivity contribution in [3.05, 3.63) is 81.2 Å². The lowest BCUT2D eigenvalue weighted by atomic mass is 10.1. The molecule has 156 valence electrons. The molecule has 1 aliphatic rings. The van der Waals surface area contributed by atoms with Crippen molar-refractivity contribution in [3.63, 3.8) is 0 Å². The molecule has 4 amide bonds. The molecule has 10 heteroatoms. The van der Waals surface area contributed by atoms with Gasteiger partial charge in [-0.1, -0.05) is 35.5 Å². The van der Waals surface area contributed by atoms with Gasteiger partial charge in [-0.15, -0.1) is 0 Å². The minimum atomic E-state index is -1.03. The van der Waals surface area contributed by atoms with E-state index in [0.29, 0.717) is 19.5 Å². The normalized spacial score (nSPS) is 15.5. The standard InChI is InChI=1S/C21H11BrClFN2O4S/c22-15-10-12(30-20(15)31-13-7-5-11(23)6-8-13)9-14-18(27)25-21(29)26(19(14)28)17-4-2-1-3-16(17)24/h1-10H,(H,25,27,29)/b14-9+. The van der Waals surface area contributed by atoms with Crippen molar-refractivity contribution in [2.75, 3.05) is 4.90 Å². The molecule has 1 saturated heterocycles. The highest BCUT2D eigenvalue weighted by Crippen LogP contribution is 2.37. The molecule has 0 aliphatic carbocycles. The highest BCUT2D eigenvalue weighted by atomic mass is 79.9. The molecule has 0 spiro atoms. The number of rotatable bonds is 4. The summed E-state index contributed by atoms with van der Waals surface area (Å²) in [7, 11) is 0. The van der Waals surface area contributed by atoms with Gasteiger partial charge in [0.15, 0.2) is 5.09 Å². The Kier molecular flexibility index (Phi) is 5.99. The van der Waals surface area contributed by atoms with E-state index in [9.17, 15) is 18.8 Å². The van der Waals surface area contributed by atoms with Gasteiger partial charge in [0.1, 0.15) is 17.2 Å². The number of halogens is 3. The van der Waals surface area contributed by atoms with E-state index in [1.54, 1.807) is 18.2 Å². The van der Waals surface area contributed by atoms with Crippen molar-refractivity contribution in [3.8, 4) is 0 Å². The third kappa shape index (κ3) is 4.43. The van der Waals surface area contributed by atoms with Gasteiger partial charge in [0.2, 0.25) is 0 Å². The van der Waals surface area contributed by atoms with Crippen molar-refractivity contribution in [2.24, 2.45) is 0 Å². The number of anilines is 1. The third-order valence-electron chi connectivity index (χ3n) is 4.18. The lowest BCUT2D eigenvalue weighted by Crippen LogP contribution is -2.54. The van der Waals surface area contributed by atoms with E-state index in [1.807, 2.05) is 17.4 Å². The van der Waals surface area contributed by atoms with Crippen LogP contribution >= 0.6 is 39.3 Å². The topological polar surface area (TPSA) is 79.6 Å². The van der Waals surface area contributed by atoms with Gasteiger partial charge in [-0.2, -0.15) is 0 Å². The highest BCUT2D eigenvalue weighted by Gasteiger charge is 2.38. The van der Waals surface area contributed by atoms with Gasteiger partial charge in [-0.25, -0.2) is 14.1 Å². The molecule has 4 rings (SSSR count). The second-order valence-corrected chi connectivity index (χ2v) is 8.59. The maximum atomic E-state index is 14.1. The molecule has 1 aliphatic heterocycles. The van der Waals surface area contributed by atoms with Crippen LogP contribution in [0.5, 0.6) is 0 Å². The Balaban J connectivity index is 1.65. The van der Waals surface area contributed by atoms with Crippen molar-refractivity contribution in [1.82, 2.24) is 5.32 Å². The van der Waals surface area contributed by atoms with Crippen LogP contribution in [0.25, 0.3) is 6.08 Å². The third-order valence-corrected chi connectivity index (χ3v) is 6.28. The van der Waals surface area contributed by atoms with Crippen LogP contribution in [0.4, 0.5) is 14.9 Å². The molecule has 0 bridgehead atoms. The highest BCUT2D eigenvalue weighted by molar-refractivity contribution is 9.10. The van der Waals surface area contributed by atoms with Gasteiger partial charge >= 0.3 is 6.03 Å². The Morgan fingerprint density at radius 3 is 2.52 bits per heavy atom. The molecule has 1 fully saturated rings. The fourth-order valence-electron chi connectivity index (χ4n) is 2.77. The Labute approximate surface area is 193 Å². The summed E-state index contributed by atoms with van der Waals surface area (Å²) in [6, 6.07) is 12.9. The second kappa shape index (κ2) is 8.70. The summed E-state index contributed by atoms with van der Waals surface area (Å²) in [6.45, 7) is 0. The molecular formula is C21H11BrClFN2O4S. The number of urea groups is 1. The van der Waals surface area contributed by atoms with E-state index < -0.39 is 23.7 Å². The summed E-state index contributed by atoms with van der Waals surface area (Å²) in [4.78, 5) is 38.8. The zero-order valence-electron chi connectivity index (χ0n) is 15.4. The van der Waals surface area contributed by atoms with Gasteiger partial charge in [0.25, 0.3) is 11.8 Å². The number of barbiturate groups is 1. The van der Waals surface area contributed by atoms with Gasteiger partial charge in [-0.05, 0) is 64.5 Å². The maximum absolute atomic E-state index is 14.1. The van der Waals surface area contributed by atoms with Crippen molar-refractivity contribution in [2.45, 2.75) is 9.99 Å². The number of benzene rings is 2. The van der Waals surface area contributed by atoms with Crippen LogP contribution in [-0.4, -0.2) is 17.8 Å². The molecular weight excluding hydrogens is 511 g/mol. The van der Waals surface area contributed by atoms with Gasteiger partial charge in [-0.3, -0.25) is 14.9 Å². The van der Waals surface area contributed by atoms with Crippen molar-refractivity contribution >= 4 is 68.9 Å². The number of amides is 4. The monoisotopic (exact) mass is 520 g/mol. The second-order valence-electron chi connectivity index (χ2n) is 6.25. The van der Waals surface area contributed by atoms with Crippen LogP contribution in [-0.2, 0) is 9.59 Å². The molecule has 6 nitrogen and oxygen atoms in total. The van der Waals surface area contributed by atoms with Gasteiger partial charge in [0.05, 0.1) is 10.2 Å². The molecule has 0 radical (unpaired) electrons. The number of hydrogen-bond acceptors (Lipinski definition) is 5. The molecule has 1 aromatic heterocycles. The number of furan rings is 1. The number of carbonyl (C=O) groups is 3. The van der Waals surface area contributed by atoms with Crippen molar-refractivity contribution < 1.29 is 23.2 Å². The molecule has 0 unspecified atom stereocenters. The van der Waals surface area contributed by atoms with E-state index in [4.69, 9.17) is 16.0 Å². The molecule has 0 saturated carbocycles. The molecule has 2 heterocycles. The average molecular weight is 522 g/mol. The first-order chi connectivity index (χ1) is 14.8. The van der Waals surface area contributed by atoms with Crippen LogP contribution in [0.2, 0.25) is 5.02 Å². The molecule has 31 heavy (non-hydrogen) atoms. The summed E-state index contributed by atoms with van der Waals surface area (Å²) in [6.07, 6.45) is 1.20. The predicted molar refractivity (Wildman–Crippen MR) is 117 cm³/mol. The zero-order valence-corrected chi connectivity index (χ0v) is 18.6. The first-order valence-electron chi connectivity index (χ1n) is 8.72. The Bertz CT molecular complexity index is 1240. The predicted octanol–water partition coefficient (Wildman–Crippen LogP) is 5.65. The van der Waals surface area contributed by atoms with E-state index in [1.165, 1.54) is 36.0 Å². The fourth-order valence-corrected chi connectivity index (χ4v) is 4.23. The average Bonchev–Trinajstić information content (AvgIpc) is 3.07. The fraction of sp³-hybridized carbons (Fsp3) is 0. The van der Waals surface area contributed by atoms with Crippen LogP contribution < -0.4 is 10.2 Å². The minimum Gasteiger partial charge on any atom is -0.449 e. The number of carbonyl (C=O) groups excluding carboxylic acids is 3. The van der Waals surface area contributed by atoms with Crippen LogP contribution in [0, 0.1) is 5.82 Å². The quantitative estimate of drug-likeness (QED) is 0.354. The molecule has 0 atom stereocenters. The first-order valence-corrected chi connectivity index (χ1v) is 10.7. The molecule has 1 N–H and O–H groups in total.